The molecule has 4 nitrogen and oxygen atoms in total. The number of aromatic nitrogens is 1. The third-order valence-electron chi connectivity index (χ3n) is 6.42. The van der Waals surface area contributed by atoms with Gasteiger partial charge >= 0.3 is 0 Å². The molecule has 2 atom stereocenters. The van der Waals surface area contributed by atoms with E-state index < -0.39 is 0 Å². The summed E-state index contributed by atoms with van der Waals surface area (Å²) in [5.74, 6) is 1.43. The Kier molecular flexibility index (Phi) is 5.36. The topological polar surface area (TPSA) is 51.2 Å². The molecule has 1 N–H and O–H groups in total. The lowest BCUT2D eigenvalue weighted by molar-refractivity contribution is -0.122. The van der Waals surface area contributed by atoms with Gasteiger partial charge in [-0.3, -0.25) is 9.78 Å². The molecule has 1 aliphatic rings. The minimum absolute atomic E-state index is 0.0725. The Morgan fingerprint density at radius 3 is 2.69 bits per heavy atom. The maximum absolute atomic E-state index is 12.7. The van der Waals surface area contributed by atoms with Gasteiger partial charge in [0.05, 0.1) is 7.11 Å². The van der Waals surface area contributed by atoms with Crippen molar-refractivity contribution in [1.29, 1.82) is 0 Å². The van der Waals surface area contributed by atoms with E-state index in [4.69, 9.17) is 4.74 Å². The molecular weight excluding hydrogens is 396 g/mol. The van der Waals surface area contributed by atoms with Gasteiger partial charge in [-0.2, -0.15) is 0 Å². The molecule has 1 fully saturated rings. The van der Waals surface area contributed by atoms with E-state index in [0.29, 0.717) is 12.5 Å². The van der Waals surface area contributed by atoms with Crippen LogP contribution >= 0.6 is 0 Å². The van der Waals surface area contributed by atoms with E-state index >= 15 is 0 Å². The zero-order valence-electron chi connectivity index (χ0n) is 18.3. The molecule has 1 aromatic heterocycles. The number of ether oxygens (including phenoxy) is 1. The van der Waals surface area contributed by atoms with Crippen molar-refractivity contribution >= 4 is 16.7 Å². The van der Waals surface area contributed by atoms with E-state index in [2.05, 4.69) is 53.6 Å². The Balaban J connectivity index is 1.36. The molecule has 0 spiro atoms. The summed E-state index contributed by atoms with van der Waals surface area (Å²) in [6, 6.07) is 22.8. The molecule has 0 unspecified atom stereocenters. The first kappa shape index (κ1) is 20.3. The average Bonchev–Trinajstić information content (AvgIpc) is 3.64. The van der Waals surface area contributed by atoms with E-state index in [1.807, 2.05) is 42.7 Å². The third kappa shape index (κ3) is 3.84. The zero-order valence-corrected chi connectivity index (χ0v) is 18.3. The molecule has 160 valence electrons. The predicted octanol–water partition coefficient (Wildman–Crippen LogP) is 5.64. The van der Waals surface area contributed by atoms with Crippen LogP contribution in [0.5, 0.6) is 5.75 Å². The van der Waals surface area contributed by atoms with Crippen molar-refractivity contribution in [2.24, 2.45) is 5.92 Å². The monoisotopic (exact) mass is 422 g/mol. The number of aryl methyl sites for hydroxylation is 1. The Bertz CT molecular complexity index is 1280. The van der Waals surface area contributed by atoms with Gasteiger partial charge in [-0.1, -0.05) is 48.5 Å². The lowest BCUT2D eigenvalue weighted by atomic mass is 9.95. The van der Waals surface area contributed by atoms with Crippen LogP contribution in [0, 0.1) is 12.8 Å². The summed E-state index contributed by atoms with van der Waals surface area (Å²) in [5.41, 5.74) is 5.71. The molecule has 1 saturated carbocycles. The summed E-state index contributed by atoms with van der Waals surface area (Å²) in [6.07, 6.45) is 4.63. The molecule has 1 heterocycles. The first-order chi connectivity index (χ1) is 15.7. The van der Waals surface area contributed by atoms with Gasteiger partial charge in [0.15, 0.2) is 0 Å². The smallest absolute Gasteiger partial charge is 0.224 e. The summed E-state index contributed by atoms with van der Waals surface area (Å²) in [4.78, 5) is 17.1. The van der Waals surface area contributed by atoms with Crippen molar-refractivity contribution in [3.63, 3.8) is 0 Å². The van der Waals surface area contributed by atoms with Gasteiger partial charge in [-0.05, 0) is 70.7 Å². The molecule has 32 heavy (non-hydrogen) atoms. The molecule has 4 heteroatoms. The maximum Gasteiger partial charge on any atom is 0.224 e. The molecule has 1 amide bonds. The number of methoxy groups -OCH3 is 1. The van der Waals surface area contributed by atoms with E-state index in [1.165, 1.54) is 5.56 Å². The second-order valence-electron chi connectivity index (χ2n) is 8.46. The highest BCUT2D eigenvalue weighted by Gasteiger charge is 2.43. The van der Waals surface area contributed by atoms with Crippen LogP contribution in [0.25, 0.3) is 21.9 Å². The number of fused-ring (bicyclic) bond motifs is 1. The zero-order chi connectivity index (χ0) is 22.1. The number of pyridine rings is 1. The fraction of sp³-hybridized carbons (Fsp3) is 0.214. The van der Waals surface area contributed by atoms with Gasteiger partial charge in [0.25, 0.3) is 0 Å². The second-order valence-corrected chi connectivity index (χ2v) is 8.46. The van der Waals surface area contributed by atoms with Crippen LogP contribution in [0.15, 0.2) is 79.1 Å². The highest BCUT2D eigenvalue weighted by Crippen LogP contribution is 2.47. The number of nitrogens with one attached hydrogen (secondary N) is 1. The summed E-state index contributed by atoms with van der Waals surface area (Å²) < 4.78 is 5.41. The number of carbonyl (C=O) groups excluding carboxylic acids is 1. The van der Waals surface area contributed by atoms with Gasteiger partial charge in [-0.15, -0.1) is 0 Å². The molecule has 0 radical (unpaired) electrons. The molecule has 0 aliphatic heterocycles. The van der Waals surface area contributed by atoms with Gasteiger partial charge in [0.2, 0.25) is 5.91 Å². The predicted molar refractivity (Wildman–Crippen MR) is 128 cm³/mol. The quantitative estimate of drug-likeness (QED) is 0.438. The SMILES string of the molecule is COc1ccc(-c2ccc(CNC(=O)[C@@H]3C[C@H]3c3ccccc3)c3cnccc23)cc1C. The minimum Gasteiger partial charge on any atom is -0.496 e. The van der Waals surface area contributed by atoms with Crippen LogP contribution in [0.1, 0.15) is 29.0 Å². The molecule has 4 aromatic rings. The van der Waals surface area contributed by atoms with Crippen LogP contribution in [-0.2, 0) is 11.3 Å². The van der Waals surface area contributed by atoms with Gasteiger partial charge < -0.3 is 10.1 Å². The molecule has 3 aromatic carbocycles. The summed E-state index contributed by atoms with van der Waals surface area (Å²) in [5, 5.41) is 5.35. The number of nitrogens with zero attached hydrogens (tertiary/aromatic N) is 1. The van der Waals surface area contributed by atoms with Crippen LogP contribution in [0.2, 0.25) is 0 Å². The molecule has 0 saturated heterocycles. The van der Waals surface area contributed by atoms with E-state index in [0.717, 1.165) is 45.2 Å². The Hall–Kier alpha value is -3.66. The summed E-state index contributed by atoms with van der Waals surface area (Å²) in [7, 11) is 1.69. The Morgan fingerprint density at radius 2 is 1.91 bits per heavy atom. The van der Waals surface area contributed by atoms with E-state index in [-0.39, 0.29) is 11.8 Å². The number of carbonyl (C=O) groups is 1. The standard InChI is InChI=1S/C28H26N2O2/c1-18-14-20(9-11-27(18)32-2)22-10-8-21(26-17-29-13-12-23(22)26)16-30-28(31)25-15-24(25)19-6-4-3-5-7-19/h3-14,17,24-25H,15-16H2,1-2H3,(H,30,31)/t24-,25+/m0/s1. The van der Waals surface area contributed by atoms with E-state index in [9.17, 15) is 4.79 Å². The minimum atomic E-state index is 0.0725. The Labute approximate surface area is 188 Å². The largest absolute Gasteiger partial charge is 0.496 e. The Morgan fingerprint density at radius 1 is 1.06 bits per heavy atom. The van der Waals surface area contributed by atoms with Crippen LogP contribution < -0.4 is 10.1 Å². The average molecular weight is 423 g/mol. The van der Waals surface area contributed by atoms with Gasteiger partial charge in [-0.25, -0.2) is 0 Å². The van der Waals surface area contributed by atoms with Crippen molar-refractivity contribution in [3.8, 4) is 16.9 Å². The van der Waals surface area contributed by atoms with Crippen LogP contribution in [0.4, 0.5) is 0 Å². The van der Waals surface area contributed by atoms with Crippen LogP contribution in [0.3, 0.4) is 0 Å². The van der Waals surface area contributed by atoms with Gasteiger partial charge in [0, 0.05) is 30.2 Å². The first-order valence-electron chi connectivity index (χ1n) is 11.0. The number of hydrogen-bond donors (Lipinski definition) is 1. The highest BCUT2D eigenvalue weighted by atomic mass is 16.5. The van der Waals surface area contributed by atoms with Gasteiger partial charge in [0.1, 0.15) is 5.75 Å². The molecule has 1 aliphatic carbocycles. The second kappa shape index (κ2) is 8.46. The number of benzene rings is 3. The van der Waals surface area contributed by atoms with Crippen molar-refractivity contribution in [1.82, 2.24) is 10.3 Å². The fourth-order valence-corrected chi connectivity index (χ4v) is 4.57. The fourth-order valence-electron chi connectivity index (χ4n) is 4.57. The number of amides is 1. The van der Waals surface area contributed by atoms with Crippen molar-refractivity contribution in [2.45, 2.75) is 25.8 Å². The summed E-state index contributed by atoms with van der Waals surface area (Å²) >= 11 is 0. The van der Waals surface area contributed by atoms with E-state index in [1.54, 1.807) is 7.11 Å². The summed E-state index contributed by atoms with van der Waals surface area (Å²) in [6.45, 7) is 2.55. The van der Waals surface area contributed by atoms with Crippen molar-refractivity contribution in [2.75, 3.05) is 7.11 Å². The van der Waals surface area contributed by atoms with Crippen molar-refractivity contribution < 1.29 is 9.53 Å². The molecular formula is C28H26N2O2. The normalized spacial score (nSPS) is 17.2. The lowest BCUT2D eigenvalue weighted by Crippen LogP contribution is -2.25. The third-order valence-corrected chi connectivity index (χ3v) is 6.42. The molecule has 5 rings (SSSR count). The number of rotatable bonds is 6. The number of hydrogen-bond acceptors (Lipinski definition) is 3. The lowest BCUT2D eigenvalue weighted by Gasteiger charge is -2.13. The first-order valence-corrected chi connectivity index (χ1v) is 11.0. The molecule has 0 bridgehead atoms. The maximum atomic E-state index is 12.7. The van der Waals surface area contributed by atoms with Crippen molar-refractivity contribution in [3.05, 3.63) is 95.8 Å². The highest BCUT2D eigenvalue weighted by molar-refractivity contribution is 5.98. The van der Waals surface area contributed by atoms with Crippen LogP contribution in [-0.4, -0.2) is 18.0 Å².